The Bertz CT molecular complexity index is 1030. The third-order valence-corrected chi connectivity index (χ3v) is 9.47. The Hall–Kier alpha value is -1.81. The number of aromatic nitrogens is 1. The molecule has 2 saturated heterocycles. The van der Waals surface area contributed by atoms with Crippen molar-refractivity contribution < 1.29 is 13.2 Å². The minimum Gasteiger partial charge on any atom is -0.336 e. The lowest BCUT2D eigenvalue weighted by atomic mass is 10.1. The van der Waals surface area contributed by atoms with Crippen LogP contribution in [0.5, 0.6) is 0 Å². The zero-order chi connectivity index (χ0) is 22.7. The monoisotopic (exact) mass is 476 g/mol. The molecule has 9 heteroatoms. The second-order valence-electron chi connectivity index (χ2n) is 8.64. The van der Waals surface area contributed by atoms with E-state index in [2.05, 4.69) is 22.2 Å². The molecule has 0 saturated carbocycles. The van der Waals surface area contributed by atoms with E-state index in [1.807, 2.05) is 11.8 Å². The van der Waals surface area contributed by atoms with Crippen molar-refractivity contribution in [3.63, 3.8) is 0 Å². The van der Waals surface area contributed by atoms with Gasteiger partial charge in [0.2, 0.25) is 10.0 Å². The van der Waals surface area contributed by atoms with Gasteiger partial charge in [-0.2, -0.15) is 4.31 Å². The first-order chi connectivity index (χ1) is 15.4. The van der Waals surface area contributed by atoms with Crippen molar-refractivity contribution in [2.24, 2.45) is 0 Å². The SMILES string of the molecule is CCc1nc(CN2CCN(C(=O)c3ccc(S(=O)(=O)N4CCCCC4C)cc3)CC2)cs1. The number of rotatable bonds is 6. The molecule has 1 atom stereocenters. The highest BCUT2D eigenvalue weighted by Crippen LogP contribution is 2.25. The Morgan fingerprint density at radius 3 is 2.44 bits per heavy atom. The van der Waals surface area contributed by atoms with Crippen molar-refractivity contribution in [1.82, 2.24) is 19.1 Å². The van der Waals surface area contributed by atoms with Gasteiger partial charge in [-0.05, 0) is 50.5 Å². The molecule has 1 aromatic carbocycles. The number of hydrogen-bond acceptors (Lipinski definition) is 6. The van der Waals surface area contributed by atoms with Gasteiger partial charge in [0.15, 0.2) is 0 Å². The summed E-state index contributed by atoms with van der Waals surface area (Å²) in [5.41, 5.74) is 1.64. The van der Waals surface area contributed by atoms with Crippen LogP contribution in [-0.2, 0) is 23.0 Å². The molecule has 0 bridgehead atoms. The normalized spacial score (nSPS) is 21.1. The average Bonchev–Trinajstić information content (AvgIpc) is 3.27. The van der Waals surface area contributed by atoms with Crippen molar-refractivity contribution >= 4 is 27.3 Å². The highest BCUT2D eigenvalue weighted by molar-refractivity contribution is 7.89. The number of piperidine rings is 1. The maximum atomic E-state index is 13.0. The van der Waals surface area contributed by atoms with E-state index in [0.717, 1.165) is 56.0 Å². The molecule has 174 valence electrons. The van der Waals surface area contributed by atoms with Gasteiger partial charge in [-0.1, -0.05) is 13.3 Å². The summed E-state index contributed by atoms with van der Waals surface area (Å²) >= 11 is 1.70. The maximum absolute atomic E-state index is 13.0. The van der Waals surface area contributed by atoms with Crippen LogP contribution in [0.4, 0.5) is 0 Å². The summed E-state index contributed by atoms with van der Waals surface area (Å²) in [5.74, 6) is -0.0399. The fourth-order valence-corrected chi connectivity index (χ4v) is 6.87. The number of aryl methyl sites for hydroxylation is 1. The topological polar surface area (TPSA) is 73.8 Å². The van der Waals surface area contributed by atoms with E-state index in [9.17, 15) is 13.2 Å². The molecule has 2 aromatic rings. The van der Waals surface area contributed by atoms with Gasteiger partial charge in [0.05, 0.1) is 15.6 Å². The molecule has 1 amide bonds. The van der Waals surface area contributed by atoms with E-state index in [1.165, 1.54) is 0 Å². The first-order valence-corrected chi connectivity index (χ1v) is 13.8. The number of thiazole rings is 1. The molecule has 1 unspecified atom stereocenters. The van der Waals surface area contributed by atoms with Crippen LogP contribution in [0.3, 0.4) is 0 Å². The summed E-state index contributed by atoms with van der Waals surface area (Å²) in [7, 11) is -3.52. The predicted molar refractivity (Wildman–Crippen MR) is 126 cm³/mol. The third-order valence-electron chi connectivity index (χ3n) is 6.40. The van der Waals surface area contributed by atoms with Crippen LogP contribution < -0.4 is 0 Å². The Labute approximate surface area is 195 Å². The Kier molecular flexibility index (Phi) is 7.29. The Morgan fingerprint density at radius 2 is 1.81 bits per heavy atom. The summed E-state index contributed by atoms with van der Waals surface area (Å²) in [5, 5.41) is 3.28. The summed E-state index contributed by atoms with van der Waals surface area (Å²) in [6.07, 6.45) is 3.82. The molecule has 0 radical (unpaired) electrons. The maximum Gasteiger partial charge on any atom is 0.253 e. The highest BCUT2D eigenvalue weighted by atomic mass is 32.2. The van der Waals surface area contributed by atoms with E-state index in [0.29, 0.717) is 25.2 Å². The van der Waals surface area contributed by atoms with Crippen LogP contribution in [0.1, 0.15) is 54.2 Å². The first kappa shape index (κ1) is 23.4. The van der Waals surface area contributed by atoms with Gasteiger partial charge in [0, 0.05) is 56.3 Å². The molecule has 0 N–H and O–H groups in total. The molecule has 2 aliphatic rings. The fraction of sp³-hybridized carbons (Fsp3) is 0.565. The fourth-order valence-electron chi connectivity index (χ4n) is 4.44. The molecule has 0 aliphatic carbocycles. The number of carbonyl (C=O) groups excluding carboxylic acids is 1. The number of sulfonamides is 1. The summed E-state index contributed by atoms with van der Waals surface area (Å²) in [6.45, 7) is 8.40. The van der Waals surface area contributed by atoms with Crippen LogP contribution in [0, 0.1) is 0 Å². The second-order valence-corrected chi connectivity index (χ2v) is 11.5. The molecule has 3 heterocycles. The van der Waals surface area contributed by atoms with Crippen molar-refractivity contribution in [3.05, 3.63) is 45.9 Å². The zero-order valence-corrected chi connectivity index (χ0v) is 20.5. The molecule has 0 spiro atoms. The third kappa shape index (κ3) is 5.06. The Morgan fingerprint density at radius 1 is 1.09 bits per heavy atom. The van der Waals surface area contributed by atoms with E-state index in [1.54, 1.807) is 39.9 Å². The molecule has 2 aliphatic heterocycles. The molecule has 32 heavy (non-hydrogen) atoms. The molecular weight excluding hydrogens is 444 g/mol. The van der Waals surface area contributed by atoms with E-state index in [4.69, 9.17) is 0 Å². The number of amides is 1. The standard InChI is InChI=1S/C23H32N4O3S2/c1-3-22-24-20(17-31-22)16-25-12-14-26(15-13-25)23(28)19-7-9-21(10-8-19)32(29,30)27-11-5-4-6-18(27)2/h7-10,17-18H,3-6,11-16H2,1-2H3. The van der Waals surface area contributed by atoms with Crippen molar-refractivity contribution in [2.75, 3.05) is 32.7 Å². The number of benzene rings is 1. The van der Waals surface area contributed by atoms with E-state index < -0.39 is 10.0 Å². The van der Waals surface area contributed by atoms with Crippen LogP contribution in [0.25, 0.3) is 0 Å². The minimum atomic E-state index is -3.52. The van der Waals surface area contributed by atoms with Gasteiger partial charge in [-0.3, -0.25) is 9.69 Å². The summed E-state index contributed by atoms with van der Waals surface area (Å²) < 4.78 is 27.6. The molecule has 4 rings (SSSR count). The number of hydrogen-bond donors (Lipinski definition) is 0. The van der Waals surface area contributed by atoms with Gasteiger partial charge in [-0.15, -0.1) is 11.3 Å². The van der Waals surface area contributed by atoms with Gasteiger partial charge < -0.3 is 4.90 Å². The zero-order valence-electron chi connectivity index (χ0n) is 18.9. The molecule has 7 nitrogen and oxygen atoms in total. The van der Waals surface area contributed by atoms with Crippen molar-refractivity contribution in [1.29, 1.82) is 0 Å². The van der Waals surface area contributed by atoms with Gasteiger partial charge in [-0.25, -0.2) is 13.4 Å². The van der Waals surface area contributed by atoms with Gasteiger partial charge in [0.25, 0.3) is 5.91 Å². The smallest absolute Gasteiger partial charge is 0.253 e. The second kappa shape index (κ2) is 9.99. The Balaban J connectivity index is 1.35. The number of piperazine rings is 1. The quantitative estimate of drug-likeness (QED) is 0.640. The average molecular weight is 477 g/mol. The lowest BCUT2D eigenvalue weighted by Gasteiger charge is -2.34. The van der Waals surface area contributed by atoms with Crippen LogP contribution >= 0.6 is 11.3 Å². The lowest BCUT2D eigenvalue weighted by Crippen LogP contribution is -2.48. The summed E-state index contributed by atoms with van der Waals surface area (Å²) in [6, 6.07) is 6.47. The van der Waals surface area contributed by atoms with Crippen LogP contribution in [0.15, 0.2) is 34.5 Å². The van der Waals surface area contributed by atoms with Crippen LogP contribution in [0.2, 0.25) is 0 Å². The predicted octanol–water partition coefficient (Wildman–Crippen LogP) is 3.23. The lowest BCUT2D eigenvalue weighted by molar-refractivity contribution is 0.0627. The molecule has 1 aromatic heterocycles. The van der Waals surface area contributed by atoms with Gasteiger partial charge >= 0.3 is 0 Å². The minimum absolute atomic E-state index is 0.0178. The first-order valence-electron chi connectivity index (χ1n) is 11.5. The van der Waals surface area contributed by atoms with Crippen LogP contribution in [-0.4, -0.2) is 72.2 Å². The largest absolute Gasteiger partial charge is 0.336 e. The van der Waals surface area contributed by atoms with Gasteiger partial charge in [0.1, 0.15) is 0 Å². The highest BCUT2D eigenvalue weighted by Gasteiger charge is 2.31. The number of nitrogens with zero attached hydrogens (tertiary/aromatic N) is 4. The molecular formula is C23H32N4O3S2. The van der Waals surface area contributed by atoms with Crippen molar-refractivity contribution in [3.8, 4) is 0 Å². The van der Waals surface area contributed by atoms with Crippen molar-refractivity contribution in [2.45, 2.75) is 57.0 Å². The van der Waals surface area contributed by atoms with E-state index >= 15 is 0 Å². The summed E-state index contributed by atoms with van der Waals surface area (Å²) in [4.78, 5) is 22.0. The van der Waals surface area contributed by atoms with E-state index in [-0.39, 0.29) is 16.8 Å². The molecule has 2 fully saturated rings. The number of carbonyl (C=O) groups is 1.